The highest BCUT2D eigenvalue weighted by atomic mass is 15.3. The van der Waals surface area contributed by atoms with E-state index in [9.17, 15) is 0 Å². The standard InChI is InChI=1S/C12H17N5/c1-3-16-6-7-17(9-10(16)2)12-11(8-13)4-5-14-15-12/h4-5,10H,3,6-7,9H2,1-2H3. The van der Waals surface area contributed by atoms with E-state index in [0.29, 0.717) is 11.6 Å². The van der Waals surface area contributed by atoms with Gasteiger partial charge in [-0.1, -0.05) is 6.92 Å². The van der Waals surface area contributed by atoms with Crippen molar-refractivity contribution < 1.29 is 0 Å². The van der Waals surface area contributed by atoms with Crippen molar-refractivity contribution in [1.29, 1.82) is 5.26 Å². The summed E-state index contributed by atoms with van der Waals surface area (Å²) in [5.41, 5.74) is 0.608. The highest BCUT2D eigenvalue weighted by Crippen LogP contribution is 2.19. The Morgan fingerprint density at radius 1 is 1.53 bits per heavy atom. The molecule has 1 aliphatic heterocycles. The van der Waals surface area contributed by atoms with E-state index in [-0.39, 0.29) is 0 Å². The summed E-state index contributed by atoms with van der Waals surface area (Å²) in [6.45, 7) is 8.28. The second-order valence-electron chi connectivity index (χ2n) is 4.30. The largest absolute Gasteiger partial charge is 0.351 e. The molecule has 2 heterocycles. The first-order valence-corrected chi connectivity index (χ1v) is 5.97. The zero-order chi connectivity index (χ0) is 12.3. The first-order chi connectivity index (χ1) is 8.26. The first-order valence-electron chi connectivity index (χ1n) is 5.97. The fourth-order valence-electron chi connectivity index (χ4n) is 2.30. The lowest BCUT2D eigenvalue weighted by Gasteiger charge is -2.39. The van der Waals surface area contributed by atoms with Crippen molar-refractivity contribution in [3.8, 4) is 6.07 Å². The van der Waals surface area contributed by atoms with Crippen molar-refractivity contribution in [2.24, 2.45) is 0 Å². The van der Waals surface area contributed by atoms with Crippen molar-refractivity contribution in [3.63, 3.8) is 0 Å². The molecule has 1 fully saturated rings. The van der Waals surface area contributed by atoms with Crippen LogP contribution in [-0.4, -0.2) is 47.3 Å². The number of nitriles is 1. The molecule has 5 heteroatoms. The third kappa shape index (κ3) is 2.37. The second kappa shape index (κ2) is 5.11. The maximum Gasteiger partial charge on any atom is 0.169 e. The van der Waals surface area contributed by atoms with Crippen molar-refractivity contribution in [2.45, 2.75) is 19.9 Å². The average Bonchev–Trinajstić information content (AvgIpc) is 2.38. The Hall–Kier alpha value is -1.67. The van der Waals surface area contributed by atoms with Crippen LogP contribution in [0.1, 0.15) is 19.4 Å². The van der Waals surface area contributed by atoms with Crippen LogP contribution in [0.2, 0.25) is 0 Å². The molecule has 0 aromatic carbocycles. The lowest BCUT2D eigenvalue weighted by atomic mass is 10.1. The summed E-state index contributed by atoms with van der Waals surface area (Å²) in [5.74, 6) is 0.720. The summed E-state index contributed by atoms with van der Waals surface area (Å²) in [6.07, 6.45) is 1.56. The Balaban J connectivity index is 2.17. The maximum absolute atomic E-state index is 9.06. The summed E-state index contributed by atoms with van der Waals surface area (Å²) < 4.78 is 0. The number of hydrogen-bond donors (Lipinski definition) is 0. The van der Waals surface area contributed by atoms with Gasteiger partial charge in [-0.15, -0.1) is 5.10 Å². The molecule has 2 rings (SSSR count). The summed E-state index contributed by atoms with van der Waals surface area (Å²) >= 11 is 0. The number of likely N-dealkylation sites (N-methyl/N-ethyl adjacent to an activating group) is 1. The Morgan fingerprint density at radius 3 is 3.00 bits per heavy atom. The van der Waals surface area contributed by atoms with Gasteiger partial charge < -0.3 is 4.90 Å². The van der Waals surface area contributed by atoms with Gasteiger partial charge in [0.25, 0.3) is 0 Å². The summed E-state index contributed by atoms with van der Waals surface area (Å²) in [6, 6.07) is 4.38. The van der Waals surface area contributed by atoms with E-state index in [2.05, 4.69) is 39.9 Å². The zero-order valence-corrected chi connectivity index (χ0v) is 10.3. The molecule has 1 unspecified atom stereocenters. The maximum atomic E-state index is 9.06. The van der Waals surface area contributed by atoms with Crippen molar-refractivity contribution in [3.05, 3.63) is 17.8 Å². The van der Waals surface area contributed by atoms with Crippen molar-refractivity contribution in [1.82, 2.24) is 15.1 Å². The fraction of sp³-hybridized carbons (Fsp3) is 0.583. The van der Waals surface area contributed by atoms with Crippen LogP contribution in [0.15, 0.2) is 12.3 Å². The van der Waals surface area contributed by atoms with E-state index in [4.69, 9.17) is 5.26 Å². The van der Waals surface area contributed by atoms with Crippen LogP contribution in [-0.2, 0) is 0 Å². The molecule has 0 amide bonds. The topological polar surface area (TPSA) is 56.1 Å². The molecule has 1 aromatic rings. The van der Waals surface area contributed by atoms with Crippen LogP contribution in [0.3, 0.4) is 0 Å². The molecule has 0 spiro atoms. The highest BCUT2D eigenvalue weighted by molar-refractivity contribution is 5.52. The van der Waals surface area contributed by atoms with Gasteiger partial charge in [0.1, 0.15) is 6.07 Å². The normalized spacial score (nSPS) is 21.2. The van der Waals surface area contributed by atoms with Gasteiger partial charge in [-0.05, 0) is 19.5 Å². The molecular formula is C12H17N5. The molecule has 0 N–H and O–H groups in total. The smallest absolute Gasteiger partial charge is 0.169 e. The lowest BCUT2D eigenvalue weighted by Crippen LogP contribution is -2.52. The average molecular weight is 231 g/mol. The van der Waals surface area contributed by atoms with Gasteiger partial charge in [-0.25, -0.2) is 0 Å². The fourth-order valence-corrected chi connectivity index (χ4v) is 2.30. The predicted molar refractivity (Wildman–Crippen MR) is 65.7 cm³/mol. The molecule has 1 aliphatic rings. The minimum Gasteiger partial charge on any atom is -0.351 e. The van der Waals surface area contributed by atoms with Crippen LogP contribution in [0.4, 0.5) is 5.82 Å². The number of hydrogen-bond acceptors (Lipinski definition) is 5. The number of piperazine rings is 1. The molecule has 0 radical (unpaired) electrons. The van der Waals surface area contributed by atoms with Crippen LogP contribution in [0.5, 0.6) is 0 Å². The van der Waals surface area contributed by atoms with Crippen LogP contribution >= 0.6 is 0 Å². The monoisotopic (exact) mass is 231 g/mol. The van der Waals surface area contributed by atoms with E-state index in [1.807, 2.05) is 0 Å². The molecule has 90 valence electrons. The number of anilines is 1. The van der Waals surface area contributed by atoms with Crippen LogP contribution in [0.25, 0.3) is 0 Å². The minimum absolute atomic E-state index is 0.488. The lowest BCUT2D eigenvalue weighted by molar-refractivity contribution is 0.199. The van der Waals surface area contributed by atoms with Crippen LogP contribution < -0.4 is 4.90 Å². The SMILES string of the molecule is CCN1CCN(c2nnccc2C#N)CC1C. The van der Waals surface area contributed by atoms with Gasteiger partial charge in [-0.2, -0.15) is 10.4 Å². The van der Waals surface area contributed by atoms with Gasteiger partial charge in [-0.3, -0.25) is 4.90 Å². The third-order valence-corrected chi connectivity index (χ3v) is 3.29. The van der Waals surface area contributed by atoms with E-state index in [1.54, 1.807) is 12.3 Å². The van der Waals surface area contributed by atoms with E-state index in [0.717, 1.165) is 32.0 Å². The quantitative estimate of drug-likeness (QED) is 0.756. The van der Waals surface area contributed by atoms with Gasteiger partial charge in [0.15, 0.2) is 5.82 Å². The highest BCUT2D eigenvalue weighted by Gasteiger charge is 2.24. The number of nitrogens with zero attached hydrogens (tertiary/aromatic N) is 5. The minimum atomic E-state index is 0.488. The summed E-state index contributed by atoms with van der Waals surface area (Å²) in [7, 11) is 0. The Labute approximate surface area is 102 Å². The molecule has 0 aliphatic carbocycles. The third-order valence-electron chi connectivity index (χ3n) is 3.29. The van der Waals surface area contributed by atoms with Crippen molar-refractivity contribution >= 4 is 5.82 Å². The summed E-state index contributed by atoms with van der Waals surface area (Å²) in [5, 5.41) is 17.0. The van der Waals surface area contributed by atoms with Gasteiger partial charge in [0.2, 0.25) is 0 Å². The van der Waals surface area contributed by atoms with Gasteiger partial charge in [0.05, 0.1) is 11.8 Å². The molecule has 0 bridgehead atoms. The molecule has 1 saturated heterocycles. The molecule has 0 saturated carbocycles. The first kappa shape index (κ1) is 11.8. The van der Waals surface area contributed by atoms with Crippen molar-refractivity contribution in [2.75, 3.05) is 31.1 Å². The molecule has 5 nitrogen and oxygen atoms in total. The van der Waals surface area contributed by atoms with Gasteiger partial charge in [0, 0.05) is 25.7 Å². The number of rotatable bonds is 2. The summed E-state index contributed by atoms with van der Waals surface area (Å²) in [4.78, 5) is 4.58. The molecule has 1 aromatic heterocycles. The van der Waals surface area contributed by atoms with Gasteiger partial charge >= 0.3 is 0 Å². The number of aromatic nitrogens is 2. The van der Waals surface area contributed by atoms with E-state index < -0.39 is 0 Å². The van der Waals surface area contributed by atoms with E-state index in [1.165, 1.54) is 0 Å². The Morgan fingerprint density at radius 2 is 2.35 bits per heavy atom. The Bertz CT molecular complexity index is 425. The molecule has 1 atom stereocenters. The van der Waals surface area contributed by atoms with Crippen LogP contribution in [0, 0.1) is 11.3 Å². The second-order valence-corrected chi connectivity index (χ2v) is 4.30. The van der Waals surface area contributed by atoms with E-state index >= 15 is 0 Å². The Kier molecular flexibility index (Phi) is 3.55. The zero-order valence-electron chi connectivity index (χ0n) is 10.3. The predicted octanol–water partition coefficient (Wildman–Crippen LogP) is 0.879. The molecule has 17 heavy (non-hydrogen) atoms. The molecular weight excluding hydrogens is 214 g/mol.